The molecule has 0 radical (unpaired) electrons. The summed E-state index contributed by atoms with van der Waals surface area (Å²) < 4.78 is 0. The Balaban J connectivity index is 2.25. The van der Waals surface area contributed by atoms with Crippen molar-refractivity contribution in [3.63, 3.8) is 0 Å². The van der Waals surface area contributed by atoms with Crippen LogP contribution in [-0.4, -0.2) is 23.3 Å². The second-order valence-electron chi connectivity index (χ2n) is 3.66. The van der Waals surface area contributed by atoms with Crippen LogP contribution in [0.25, 0.3) is 0 Å². The highest BCUT2D eigenvalue weighted by Gasteiger charge is 2.30. The lowest BCUT2D eigenvalue weighted by Crippen LogP contribution is -2.25. The molecular weight excluding hydrogens is 214 g/mol. The maximum atomic E-state index is 11.7. The fourth-order valence-electron chi connectivity index (χ4n) is 1.76. The predicted octanol–water partition coefficient (Wildman–Crippen LogP) is 1.26. The molecule has 1 aliphatic heterocycles. The van der Waals surface area contributed by atoms with Crippen LogP contribution in [0.2, 0.25) is 0 Å². The minimum atomic E-state index is 0.0820. The highest BCUT2D eigenvalue weighted by Crippen LogP contribution is 2.29. The van der Waals surface area contributed by atoms with Gasteiger partial charge in [-0.2, -0.15) is 0 Å². The number of anilines is 2. The molecule has 2 heterocycles. The van der Waals surface area contributed by atoms with Crippen LogP contribution in [0.5, 0.6) is 0 Å². The second kappa shape index (κ2) is 4.06. The molecule has 1 aromatic heterocycles. The van der Waals surface area contributed by atoms with Gasteiger partial charge < -0.3 is 10.6 Å². The summed E-state index contributed by atoms with van der Waals surface area (Å²) in [6.07, 6.45) is 3.69. The van der Waals surface area contributed by atoms with Crippen molar-refractivity contribution in [1.82, 2.24) is 4.98 Å². The van der Waals surface area contributed by atoms with E-state index in [1.54, 1.807) is 23.4 Å². The predicted molar refractivity (Wildman–Crippen MR) is 59.8 cm³/mol. The van der Waals surface area contributed by atoms with Gasteiger partial charge in [0.25, 0.3) is 0 Å². The summed E-state index contributed by atoms with van der Waals surface area (Å²) >= 11 is 5.74. The molecule has 1 amide bonds. The number of alkyl halides is 1. The lowest BCUT2D eigenvalue weighted by Gasteiger charge is -2.17. The van der Waals surface area contributed by atoms with Gasteiger partial charge in [0.1, 0.15) is 0 Å². The summed E-state index contributed by atoms with van der Waals surface area (Å²) in [5.74, 6) is 0.818. The van der Waals surface area contributed by atoms with Gasteiger partial charge in [0, 0.05) is 25.0 Å². The first-order valence-corrected chi connectivity index (χ1v) is 5.31. The zero-order valence-electron chi connectivity index (χ0n) is 8.19. The number of hydrogen-bond acceptors (Lipinski definition) is 3. The van der Waals surface area contributed by atoms with E-state index in [1.165, 1.54) is 0 Å². The van der Waals surface area contributed by atoms with E-state index in [0.717, 1.165) is 5.69 Å². The van der Waals surface area contributed by atoms with Crippen LogP contribution < -0.4 is 10.6 Å². The Morgan fingerprint density at radius 3 is 3.07 bits per heavy atom. The Bertz CT molecular complexity index is 383. The molecule has 2 N–H and O–H groups in total. The number of carbonyl (C=O) groups is 1. The third-order valence-electron chi connectivity index (χ3n) is 2.54. The first-order chi connectivity index (χ1) is 7.22. The monoisotopic (exact) mass is 225 g/mol. The number of aromatic nitrogens is 1. The number of nitrogens with two attached hydrogens (primary N) is 1. The van der Waals surface area contributed by atoms with E-state index < -0.39 is 0 Å². The molecule has 1 saturated heterocycles. The average Bonchev–Trinajstić information content (AvgIpc) is 2.60. The average molecular weight is 226 g/mol. The maximum absolute atomic E-state index is 11.7. The Morgan fingerprint density at radius 1 is 1.67 bits per heavy atom. The van der Waals surface area contributed by atoms with Crippen LogP contribution in [0.4, 0.5) is 11.4 Å². The van der Waals surface area contributed by atoms with Gasteiger partial charge in [-0.3, -0.25) is 9.78 Å². The standard InChI is InChI=1S/C10H12ClN3O/c11-4-7-3-10(15)14(6-7)9-1-2-13-5-8(9)12/h1-2,5,7H,3-4,6,12H2. The van der Waals surface area contributed by atoms with Crippen molar-refractivity contribution in [2.45, 2.75) is 6.42 Å². The zero-order chi connectivity index (χ0) is 10.8. The van der Waals surface area contributed by atoms with Gasteiger partial charge in [0.05, 0.1) is 17.6 Å². The van der Waals surface area contributed by atoms with Gasteiger partial charge in [-0.15, -0.1) is 11.6 Å². The highest BCUT2D eigenvalue weighted by molar-refractivity contribution is 6.18. The fourth-order valence-corrected chi connectivity index (χ4v) is 1.97. The molecule has 0 saturated carbocycles. The van der Waals surface area contributed by atoms with E-state index in [0.29, 0.717) is 24.5 Å². The quantitative estimate of drug-likeness (QED) is 0.771. The van der Waals surface area contributed by atoms with Gasteiger partial charge in [-0.1, -0.05) is 0 Å². The van der Waals surface area contributed by atoms with Gasteiger partial charge >= 0.3 is 0 Å². The molecule has 1 aromatic rings. The molecule has 1 fully saturated rings. The van der Waals surface area contributed by atoms with Crippen LogP contribution in [0.3, 0.4) is 0 Å². The summed E-state index contributed by atoms with van der Waals surface area (Å²) in [5, 5.41) is 0. The first kappa shape index (κ1) is 10.2. The zero-order valence-corrected chi connectivity index (χ0v) is 8.94. The number of amides is 1. The number of hydrogen-bond donors (Lipinski definition) is 1. The van der Waals surface area contributed by atoms with Crippen molar-refractivity contribution in [3.8, 4) is 0 Å². The van der Waals surface area contributed by atoms with Crippen LogP contribution in [-0.2, 0) is 4.79 Å². The lowest BCUT2D eigenvalue weighted by atomic mass is 10.1. The lowest BCUT2D eigenvalue weighted by molar-refractivity contribution is -0.117. The van der Waals surface area contributed by atoms with Crippen LogP contribution >= 0.6 is 11.6 Å². The number of rotatable bonds is 2. The first-order valence-electron chi connectivity index (χ1n) is 4.78. The summed E-state index contributed by atoms with van der Waals surface area (Å²) in [4.78, 5) is 17.3. The molecular formula is C10H12ClN3O. The van der Waals surface area contributed by atoms with Crippen molar-refractivity contribution in [1.29, 1.82) is 0 Å². The molecule has 0 spiro atoms. The van der Waals surface area contributed by atoms with Crippen LogP contribution in [0.15, 0.2) is 18.5 Å². The fraction of sp³-hybridized carbons (Fsp3) is 0.400. The minimum Gasteiger partial charge on any atom is -0.396 e. The Hall–Kier alpha value is -1.29. The Kier molecular flexibility index (Phi) is 2.77. The van der Waals surface area contributed by atoms with E-state index in [4.69, 9.17) is 17.3 Å². The Labute approximate surface area is 93.0 Å². The number of nitrogens with zero attached hydrogens (tertiary/aromatic N) is 2. The van der Waals surface area contributed by atoms with E-state index in [-0.39, 0.29) is 11.8 Å². The number of halogens is 1. The van der Waals surface area contributed by atoms with E-state index >= 15 is 0 Å². The van der Waals surface area contributed by atoms with E-state index in [9.17, 15) is 4.79 Å². The van der Waals surface area contributed by atoms with Gasteiger partial charge in [-0.25, -0.2) is 0 Å². The number of pyridine rings is 1. The molecule has 1 unspecified atom stereocenters. The summed E-state index contributed by atoms with van der Waals surface area (Å²) in [7, 11) is 0. The van der Waals surface area contributed by atoms with E-state index in [2.05, 4.69) is 4.98 Å². The maximum Gasteiger partial charge on any atom is 0.227 e. The topological polar surface area (TPSA) is 59.2 Å². The third kappa shape index (κ3) is 1.90. The molecule has 0 aromatic carbocycles. The molecule has 1 aliphatic rings. The molecule has 15 heavy (non-hydrogen) atoms. The largest absolute Gasteiger partial charge is 0.396 e. The second-order valence-corrected chi connectivity index (χ2v) is 3.97. The van der Waals surface area contributed by atoms with Gasteiger partial charge in [-0.05, 0) is 12.0 Å². The number of carbonyl (C=O) groups excluding carboxylic acids is 1. The molecule has 0 aliphatic carbocycles. The molecule has 4 nitrogen and oxygen atoms in total. The van der Waals surface area contributed by atoms with Crippen LogP contribution in [0.1, 0.15) is 6.42 Å². The molecule has 5 heteroatoms. The molecule has 2 rings (SSSR count). The van der Waals surface area contributed by atoms with Crippen molar-refractivity contribution >= 4 is 28.9 Å². The van der Waals surface area contributed by atoms with Crippen LogP contribution in [0, 0.1) is 5.92 Å². The summed E-state index contributed by atoms with van der Waals surface area (Å²) in [6.45, 7) is 0.649. The van der Waals surface area contributed by atoms with Gasteiger partial charge in [0.15, 0.2) is 0 Å². The normalized spacial score (nSPS) is 21.0. The minimum absolute atomic E-state index is 0.0820. The molecule has 0 bridgehead atoms. The van der Waals surface area contributed by atoms with Crippen molar-refractivity contribution in [2.75, 3.05) is 23.1 Å². The smallest absolute Gasteiger partial charge is 0.227 e. The summed E-state index contributed by atoms with van der Waals surface area (Å²) in [5.41, 5.74) is 7.03. The number of nitrogen functional groups attached to an aromatic ring is 1. The van der Waals surface area contributed by atoms with Gasteiger partial charge in [0.2, 0.25) is 5.91 Å². The molecule has 80 valence electrons. The molecule has 1 atom stereocenters. The van der Waals surface area contributed by atoms with Crippen molar-refractivity contribution in [2.24, 2.45) is 5.92 Å². The van der Waals surface area contributed by atoms with Crippen molar-refractivity contribution < 1.29 is 4.79 Å². The van der Waals surface area contributed by atoms with Crippen molar-refractivity contribution in [3.05, 3.63) is 18.5 Å². The summed E-state index contributed by atoms with van der Waals surface area (Å²) in [6, 6.07) is 1.75. The highest BCUT2D eigenvalue weighted by atomic mass is 35.5. The SMILES string of the molecule is Nc1cnccc1N1CC(CCl)CC1=O. The Morgan fingerprint density at radius 2 is 2.47 bits per heavy atom. The third-order valence-corrected chi connectivity index (χ3v) is 2.98. The van der Waals surface area contributed by atoms with E-state index in [1.807, 2.05) is 0 Å².